The van der Waals surface area contributed by atoms with Crippen LogP contribution in [0.1, 0.15) is 29.6 Å². The summed E-state index contributed by atoms with van der Waals surface area (Å²) in [5.41, 5.74) is 0.573. The van der Waals surface area contributed by atoms with E-state index in [-0.39, 0.29) is 24.4 Å². The largest absolute Gasteiger partial charge is 0.282 e. The van der Waals surface area contributed by atoms with Gasteiger partial charge in [0.25, 0.3) is 0 Å². The van der Waals surface area contributed by atoms with Crippen LogP contribution in [0.2, 0.25) is 0 Å². The lowest BCUT2D eigenvalue weighted by atomic mass is 10.1. The van der Waals surface area contributed by atoms with E-state index in [4.69, 9.17) is 0 Å². The summed E-state index contributed by atoms with van der Waals surface area (Å²) >= 11 is 1.02. The first kappa shape index (κ1) is 16.1. The lowest BCUT2D eigenvalue weighted by Crippen LogP contribution is -2.12. The fourth-order valence-corrected chi connectivity index (χ4v) is 2.43. The molecule has 2 unspecified atom stereocenters. The summed E-state index contributed by atoms with van der Waals surface area (Å²) in [7, 11) is 0. The molecule has 0 saturated heterocycles. The van der Waals surface area contributed by atoms with Gasteiger partial charge in [-0.25, -0.2) is 8.78 Å². The van der Waals surface area contributed by atoms with Crippen LogP contribution in [0, 0.1) is 0 Å². The smallest absolute Gasteiger partial charge is 0.219 e. The Morgan fingerprint density at radius 2 is 1.74 bits per heavy atom. The summed E-state index contributed by atoms with van der Waals surface area (Å²) in [6.07, 6.45) is -3.19. The van der Waals surface area contributed by atoms with Gasteiger partial charge in [-0.3, -0.25) is 9.18 Å². The number of hydrogen-bond donors (Lipinski definition) is 0. The van der Waals surface area contributed by atoms with Crippen LogP contribution in [0.15, 0.2) is 30.3 Å². The van der Waals surface area contributed by atoms with E-state index < -0.39 is 19.0 Å². The van der Waals surface area contributed by atoms with Crippen LogP contribution in [-0.2, 0) is 0 Å². The number of carbonyl (C=O) groups is 1. The molecule has 0 amide bonds. The van der Waals surface area contributed by atoms with Crippen molar-refractivity contribution < 1.29 is 18.0 Å². The minimum absolute atomic E-state index is 0.107. The highest BCUT2D eigenvalue weighted by Crippen LogP contribution is 2.18. The van der Waals surface area contributed by atoms with Crippen LogP contribution >= 0.6 is 11.8 Å². The molecule has 19 heavy (non-hydrogen) atoms. The molecule has 0 saturated carbocycles. The molecule has 1 aromatic carbocycles. The summed E-state index contributed by atoms with van der Waals surface area (Å²) in [6, 6.07) is 8.72. The Morgan fingerprint density at radius 3 is 2.37 bits per heavy atom. The van der Waals surface area contributed by atoms with Gasteiger partial charge in [-0.15, -0.1) is 0 Å². The molecule has 2 atom stereocenters. The van der Waals surface area contributed by atoms with Gasteiger partial charge >= 0.3 is 0 Å². The van der Waals surface area contributed by atoms with E-state index in [0.717, 1.165) is 11.8 Å². The summed E-state index contributed by atoms with van der Waals surface area (Å²) in [5, 5.41) is -0.117. The van der Waals surface area contributed by atoms with E-state index in [1.807, 2.05) is 6.07 Å². The van der Waals surface area contributed by atoms with Gasteiger partial charge in [0.05, 0.1) is 6.67 Å². The Hall–Kier alpha value is -0.970. The van der Waals surface area contributed by atoms with Crippen molar-refractivity contribution in [2.24, 2.45) is 0 Å². The van der Waals surface area contributed by atoms with Gasteiger partial charge in [-0.05, 0) is 6.42 Å². The highest BCUT2D eigenvalue weighted by Gasteiger charge is 2.15. The lowest BCUT2D eigenvalue weighted by molar-refractivity contribution is 0.108. The zero-order valence-corrected chi connectivity index (χ0v) is 11.3. The topological polar surface area (TPSA) is 17.1 Å². The number of alkyl halides is 3. The quantitative estimate of drug-likeness (QED) is 0.707. The van der Waals surface area contributed by atoms with Crippen molar-refractivity contribution in [3.8, 4) is 0 Å². The maximum absolute atomic E-state index is 13.3. The zero-order chi connectivity index (χ0) is 14.1. The molecule has 1 rings (SSSR count). The summed E-state index contributed by atoms with van der Waals surface area (Å²) < 4.78 is 38.1. The monoisotopic (exact) mass is 290 g/mol. The predicted molar refractivity (Wildman–Crippen MR) is 72.8 cm³/mol. The molecule has 0 aliphatic heterocycles. The number of hydrogen-bond acceptors (Lipinski definition) is 2. The fraction of sp³-hybridized carbons (Fsp3) is 0.500. The van der Waals surface area contributed by atoms with Gasteiger partial charge in [-0.1, -0.05) is 42.1 Å². The minimum atomic E-state index is -1.44. The maximum atomic E-state index is 13.3. The van der Waals surface area contributed by atoms with Crippen molar-refractivity contribution in [1.29, 1.82) is 0 Å². The molecule has 0 spiro atoms. The van der Waals surface area contributed by atoms with Crippen LogP contribution in [0.4, 0.5) is 13.2 Å². The van der Waals surface area contributed by atoms with Gasteiger partial charge in [0.2, 0.25) is 5.12 Å². The number of carbonyl (C=O) groups excluding carboxylic acids is 1. The molecule has 106 valence electrons. The Balaban J connectivity index is 2.21. The van der Waals surface area contributed by atoms with Crippen LogP contribution in [-0.4, -0.2) is 29.9 Å². The van der Waals surface area contributed by atoms with Gasteiger partial charge in [0.1, 0.15) is 12.3 Å². The van der Waals surface area contributed by atoms with Gasteiger partial charge in [0, 0.05) is 24.2 Å². The SMILES string of the molecule is O=C(SCCC(F)CC(F)CCF)c1ccccc1. The Labute approximate surface area is 115 Å². The maximum Gasteiger partial charge on any atom is 0.219 e. The summed E-state index contributed by atoms with van der Waals surface area (Å²) in [4.78, 5) is 11.7. The van der Waals surface area contributed by atoms with Crippen molar-refractivity contribution in [3.63, 3.8) is 0 Å². The third-order valence-electron chi connectivity index (χ3n) is 2.61. The van der Waals surface area contributed by atoms with E-state index in [1.165, 1.54) is 0 Å². The summed E-state index contributed by atoms with van der Waals surface area (Å²) in [5.74, 6) is 0.303. The molecule has 0 fully saturated rings. The Kier molecular flexibility index (Phi) is 7.63. The molecule has 0 aromatic heterocycles. The van der Waals surface area contributed by atoms with E-state index in [0.29, 0.717) is 11.3 Å². The van der Waals surface area contributed by atoms with Crippen molar-refractivity contribution in [3.05, 3.63) is 35.9 Å². The third-order valence-corrected chi connectivity index (χ3v) is 3.55. The second-order valence-corrected chi connectivity index (χ2v) is 5.27. The van der Waals surface area contributed by atoms with Gasteiger partial charge < -0.3 is 0 Å². The number of benzene rings is 1. The molecule has 1 nitrogen and oxygen atoms in total. The molecule has 0 bridgehead atoms. The molecule has 5 heteroatoms. The van der Waals surface area contributed by atoms with Crippen molar-refractivity contribution in [1.82, 2.24) is 0 Å². The van der Waals surface area contributed by atoms with Crippen LogP contribution in [0.3, 0.4) is 0 Å². The predicted octanol–water partition coefficient (Wildman–Crippen LogP) is 4.38. The van der Waals surface area contributed by atoms with E-state index in [9.17, 15) is 18.0 Å². The first-order valence-electron chi connectivity index (χ1n) is 6.19. The molecular formula is C14H17F3OS. The average molecular weight is 290 g/mol. The molecule has 0 aliphatic rings. The van der Waals surface area contributed by atoms with E-state index in [1.54, 1.807) is 24.3 Å². The van der Waals surface area contributed by atoms with Crippen molar-refractivity contribution >= 4 is 16.9 Å². The normalized spacial score (nSPS) is 14.1. The van der Waals surface area contributed by atoms with Gasteiger partial charge in [0.15, 0.2) is 0 Å². The molecular weight excluding hydrogens is 273 g/mol. The second kappa shape index (κ2) is 9.02. The van der Waals surface area contributed by atoms with E-state index >= 15 is 0 Å². The highest BCUT2D eigenvalue weighted by atomic mass is 32.2. The summed E-state index contributed by atoms with van der Waals surface area (Å²) in [6.45, 7) is -0.769. The number of rotatable bonds is 8. The first-order chi connectivity index (χ1) is 9.13. The van der Waals surface area contributed by atoms with Gasteiger partial charge in [-0.2, -0.15) is 0 Å². The third kappa shape index (κ3) is 6.66. The lowest BCUT2D eigenvalue weighted by Gasteiger charge is -2.10. The fourth-order valence-electron chi connectivity index (χ4n) is 1.57. The first-order valence-corrected chi connectivity index (χ1v) is 7.18. The molecule has 0 heterocycles. The molecule has 0 N–H and O–H groups in total. The van der Waals surface area contributed by atoms with Crippen LogP contribution in [0.5, 0.6) is 0 Å². The zero-order valence-electron chi connectivity index (χ0n) is 10.5. The van der Waals surface area contributed by atoms with Crippen LogP contribution < -0.4 is 0 Å². The van der Waals surface area contributed by atoms with Crippen molar-refractivity contribution in [2.45, 2.75) is 31.6 Å². The van der Waals surface area contributed by atoms with E-state index in [2.05, 4.69) is 0 Å². The second-order valence-electron chi connectivity index (χ2n) is 4.20. The highest BCUT2D eigenvalue weighted by molar-refractivity contribution is 8.14. The Morgan fingerprint density at radius 1 is 1.11 bits per heavy atom. The molecule has 1 aromatic rings. The number of halogens is 3. The average Bonchev–Trinajstić information content (AvgIpc) is 2.39. The van der Waals surface area contributed by atoms with Crippen molar-refractivity contribution in [2.75, 3.05) is 12.4 Å². The minimum Gasteiger partial charge on any atom is -0.282 e. The molecule has 0 aliphatic carbocycles. The number of thioether (sulfide) groups is 1. The molecule has 0 radical (unpaired) electrons. The standard InChI is InChI=1S/C14H17F3OS/c15-8-6-12(16)10-13(17)7-9-19-14(18)11-4-2-1-3-5-11/h1-5,12-13H,6-10H2. The van der Waals surface area contributed by atoms with Crippen LogP contribution in [0.25, 0.3) is 0 Å². The Bertz CT molecular complexity index is 372.